The number of nitrogens with one attached hydrogen (secondary N) is 1. The Balaban J connectivity index is 1.77. The van der Waals surface area contributed by atoms with Crippen molar-refractivity contribution in [3.8, 4) is 0 Å². The lowest BCUT2D eigenvalue weighted by Crippen LogP contribution is -2.51. The maximum atomic E-state index is 12.2. The molecule has 1 aliphatic carbocycles. The SMILES string of the molecule is COC(=O)C1CN(CC(=O)NC2CCCCC2C)CCO1. The summed E-state index contributed by atoms with van der Waals surface area (Å²) in [5.74, 6) is 0.218. The maximum absolute atomic E-state index is 12.2. The molecule has 0 bridgehead atoms. The van der Waals surface area contributed by atoms with Crippen LogP contribution in [-0.4, -0.2) is 62.3 Å². The molecule has 2 rings (SSSR count). The van der Waals surface area contributed by atoms with Gasteiger partial charge in [-0.1, -0.05) is 19.8 Å². The quantitative estimate of drug-likeness (QED) is 0.768. The predicted octanol–water partition coefficient (Wildman–Crippen LogP) is 0.555. The highest BCUT2D eigenvalue weighted by atomic mass is 16.6. The highest BCUT2D eigenvalue weighted by Crippen LogP contribution is 2.23. The average molecular weight is 298 g/mol. The Kier molecular flexibility index (Phi) is 5.99. The molecule has 1 amide bonds. The van der Waals surface area contributed by atoms with E-state index in [1.165, 1.54) is 26.4 Å². The monoisotopic (exact) mass is 298 g/mol. The molecule has 120 valence electrons. The smallest absolute Gasteiger partial charge is 0.336 e. The maximum Gasteiger partial charge on any atom is 0.336 e. The first-order chi connectivity index (χ1) is 10.1. The summed E-state index contributed by atoms with van der Waals surface area (Å²) in [4.78, 5) is 25.6. The van der Waals surface area contributed by atoms with Crippen LogP contribution in [0.5, 0.6) is 0 Å². The van der Waals surface area contributed by atoms with Gasteiger partial charge in [0, 0.05) is 19.1 Å². The molecule has 0 spiro atoms. The van der Waals surface area contributed by atoms with Crippen molar-refractivity contribution in [2.24, 2.45) is 5.92 Å². The number of ether oxygens (including phenoxy) is 2. The third-order valence-electron chi connectivity index (χ3n) is 4.44. The Bertz CT molecular complexity index is 375. The van der Waals surface area contributed by atoms with Crippen molar-refractivity contribution in [2.75, 3.05) is 33.4 Å². The lowest BCUT2D eigenvalue weighted by Gasteiger charge is -2.33. The molecule has 1 heterocycles. The summed E-state index contributed by atoms with van der Waals surface area (Å²) in [7, 11) is 1.35. The fourth-order valence-corrected chi connectivity index (χ4v) is 3.11. The van der Waals surface area contributed by atoms with Gasteiger partial charge < -0.3 is 14.8 Å². The van der Waals surface area contributed by atoms with Crippen LogP contribution in [0.4, 0.5) is 0 Å². The molecule has 6 nitrogen and oxygen atoms in total. The van der Waals surface area contributed by atoms with Crippen molar-refractivity contribution in [3.05, 3.63) is 0 Å². The van der Waals surface area contributed by atoms with Gasteiger partial charge in [0.1, 0.15) is 0 Å². The van der Waals surface area contributed by atoms with Crippen molar-refractivity contribution in [2.45, 2.75) is 44.8 Å². The summed E-state index contributed by atoms with van der Waals surface area (Å²) in [6.07, 6.45) is 4.13. The van der Waals surface area contributed by atoms with Gasteiger partial charge in [-0.05, 0) is 18.8 Å². The van der Waals surface area contributed by atoms with Crippen LogP contribution < -0.4 is 5.32 Å². The second-order valence-electron chi connectivity index (χ2n) is 6.05. The third-order valence-corrected chi connectivity index (χ3v) is 4.44. The van der Waals surface area contributed by atoms with Crippen LogP contribution in [-0.2, 0) is 19.1 Å². The average Bonchev–Trinajstić information content (AvgIpc) is 2.49. The van der Waals surface area contributed by atoms with Gasteiger partial charge in [0.25, 0.3) is 0 Å². The van der Waals surface area contributed by atoms with E-state index in [1.54, 1.807) is 0 Å². The minimum atomic E-state index is -0.579. The van der Waals surface area contributed by atoms with Crippen LogP contribution in [0.3, 0.4) is 0 Å². The fourth-order valence-electron chi connectivity index (χ4n) is 3.11. The van der Waals surface area contributed by atoms with E-state index < -0.39 is 6.10 Å². The van der Waals surface area contributed by atoms with Crippen LogP contribution in [0, 0.1) is 5.92 Å². The van der Waals surface area contributed by atoms with Crippen LogP contribution in [0.15, 0.2) is 0 Å². The number of nitrogens with zero attached hydrogens (tertiary/aromatic N) is 1. The summed E-state index contributed by atoms with van der Waals surface area (Å²) in [5, 5.41) is 3.14. The molecule has 0 aromatic heterocycles. The second kappa shape index (κ2) is 7.75. The highest BCUT2D eigenvalue weighted by molar-refractivity contribution is 5.79. The molecule has 6 heteroatoms. The molecule has 0 aromatic rings. The second-order valence-corrected chi connectivity index (χ2v) is 6.05. The normalized spacial score (nSPS) is 30.7. The Morgan fingerprint density at radius 3 is 2.81 bits per heavy atom. The van der Waals surface area contributed by atoms with Gasteiger partial charge in [-0.2, -0.15) is 0 Å². The minimum Gasteiger partial charge on any atom is -0.467 e. The molecule has 0 radical (unpaired) electrons. The Morgan fingerprint density at radius 1 is 1.33 bits per heavy atom. The van der Waals surface area contributed by atoms with E-state index >= 15 is 0 Å². The summed E-state index contributed by atoms with van der Waals surface area (Å²) < 4.78 is 10.0. The van der Waals surface area contributed by atoms with E-state index in [2.05, 4.69) is 17.0 Å². The van der Waals surface area contributed by atoms with E-state index in [1.807, 2.05) is 4.90 Å². The van der Waals surface area contributed by atoms with Crippen molar-refractivity contribution in [1.82, 2.24) is 10.2 Å². The topological polar surface area (TPSA) is 67.9 Å². The van der Waals surface area contributed by atoms with Crippen LogP contribution in [0.25, 0.3) is 0 Å². The molecule has 1 saturated heterocycles. The molecular formula is C15H26N2O4. The molecule has 0 aromatic carbocycles. The number of hydrogen-bond donors (Lipinski definition) is 1. The van der Waals surface area contributed by atoms with E-state index in [0.717, 1.165) is 6.42 Å². The first kappa shape index (κ1) is 16.2. The molecule has 21 heavy (non-hydrogen) atoms. The molecule has 2 fully saturated rings. The van der Waals surface area contributed by atoms with E-state index in [9.17, 15) is 9.59 Å². The van der Waals surface area contributed by atoms with Crippen molar-refractivity contribution in [1.29, 1.82) is 0 Å². The van der Waals surface area contributed by atoms with Crippen LogP contribution in [0.1, 0.15) is 32.6 Å². The summed E-state index contributed by atoms with van der Waals surface area (Å²) in [6, 6.07) is 0.295. The van der Waals surface area contributed by atoms with Gasteiger partial charge >= 0.3 is 5.97 Å². The van der Waals surface area contributed by atoms with E-state index in [-0.39, 0.29) is 11.9 Å². The molecular weight excluding hydrogens is 272 g/mol. The molecule has 2 aliphatic rings. The summed E-state index contributed by atoms with van der Waals surface area (Å²) >= 11 is 0. The number of methoxy groups -OCH3 is 1. The number of carbonyl (C=O) groups excluding carboxylic acids is 2. The molecule has 3 unspecified atom stereocenters. The first-order valence-electron chi connectivity index (χ1n) is 7.81. The van der Waals surface area contributed by atoms with Gasteiger partial charge in [0.05, 0.1) is 20.3 Å². The molecule has 1 aliphatic heterocycles. The number of amides is 1. The van der Waals surface area contributed by atoms with Gasteiger partial charge in [-0.25, -0.2) is 4.79 Å². The largest absolute Gasteiger partial charge is 0.467 e. The van der Waals surface area contributed by atoms with Crippen LogP contribution >= 0.6 is 0 Å². The number of rotatable bonds is 4. The first-order valence-corrected chi connectivity index (χ1v) is 7.81. The van der Waals surface area contributed by atoms with Crippen molar-refractivity contribution < 1.29 is 19.1 Å². The van der Waals surface area contributed by atoms with Gasteiger partial charge in [-0.15, -0.1) is 0 Å². The van der Waals surface area contributed by atoms with E-state index in [4.69, 9.17) is 4.74 Å². The van der Waals surface area contributed by atoms with Crippen molar-refractivity contribution in [3.63, 3.8) is 0 Å². The molecule has 3 atom stereocenters. The highest BCUT2D eigenvalue weighted by Gasteiger charge is 2.29. The van der Waals surface area contributed by atoms with Crippen molar-refractivity contribution >= 4 is 11.9 Å². The Hall–Kier alpha value is -1.14. The van der Waals surface area contributed by atoms with E-state index in [0.29, 0.717) is 38.2 Å². The number of hydrogen-bond acceptors (Lipinski definition) is 5. The van der Waals surface area contributed by atoms with Crippen LogP contribution in [0.2, 0.25) is 0 Å². The number of morpholine rings is 1. The van der Waals surface area contributed by atoms with Gasteiger partial charge in [0.2, 0.25) is 5.91 Å². The van der Waals surface area contributed by atoms with Gasteiger partial charge in [0.15, 0.2) is 6.10 Å². The lowest BCUT2D eigenvalue weighted by molar-refractivity contribution is -0.160. The zero-order valence-corrected chi connectivity index (χ0v) is 13.0. The van der Waals surface area contributed by atoms with Gasteiger partial charge in [-0.3, -0.25) is 9.69 Å². The number of esters is 1. The summed E-state index contributed by atoms with van der Waals surface area (Å²) in [6.45, 7) is 4.06. The zero-order chi connectivity index (χ0) is 15.2. The lowest BCUT2D eigenvalue weighted by atomic mass is 9.86. The third kappa shape index (κ3) is 4.68. The molecule has 1 saturated carbocycles. The minimum absolute atomic E-state index is 0.0410. The fraction of sp³-hybridized carbons (Fsp3) is 0.867. The Labute approximate surface area is 126 Å². The molecule has 1 N–H and O–H groups in total. The predicted molar refractivity (Wildman–Crippen MR) is 77.8 cm³/mol. The summed E-state index contributed by atoms with van der Waals surface area (Å²) in [5.41, 5.74) is 0. The number of carbonyl (C=O) groups is 2. The zero-order valence-electron chi connectivity index (χ0n) is 13.0. The standard InChI is InChI=1S/C15H26N2O4/c1-11-5-3-4-6-12(11)16-14(18)10-17-7-8-21-13(9-17)15(19)20-2/h11-13H,3-10H2,1-2H3,(H,16,18). The Morgan fingerprint density at radius 2 is 2.10 bits per heavy atom.